The van der Waals surface area contributed by atoms with E-state index in [4.69, 9.17) is 0 Å². The highest BCUT2D eigenvalue weighted by molar-refractivity contribution is 5.85. The number of hydrogen-bond donors (Lipinski definition) is 1. The van der Waals surface area contributed by atoms with Gasteiger partial charge in [0.25, 0.3) is 0 Å². The van der Waals surface area contributed by atoms with Crippen LogP contribution in [0.25, 0.3) is 0 Å². The van der Waals surface area contributed by atoms with Crippen LogP contribution in [-0.2, 0) is 11.2 Å². The molecule has 1 heterocycles. The van der Waals surface area contributed by atoms with Crippen LogP contribution in [0, 0.1) is 11.7 Å². The molecule has 1 aromatic carbocycles. The number of hydrogen-bond acceptors (Lipinski definition) is 2. The highest BCUT2D eigenvalue weighted by Gasteiger charge is 2.22. The molecule has 1 aliphatic heterocycles. The van der Waals surface area contributed by atoms with Crippen molar-refractivity contribution in [3.63, 3.8) is 0 Å². The van der Waals surface area contributed by atoms with Crippen molar-refractivity contribution >= 4 is 18.3 Å². The van der Waals surface area contributed by atoms with Crippen molar-refractivity contribution in [3.05, 3.63) is 35.6 Å². The molecule has 1 unspecified atom stereocenters. The maximum atomic E-state index is 12.8. The van der Waals surface area contributed by atoms with Crippen LogP contribution in [0.3, 0.4) is 0 Å². The lowest BCUT2D eigenvalue weighted by Crippen LogP contribution is -2.42. The fraction of sp³-hybridized carbons (Fsp3) is 0.562. The summed E-state index contributed by atoms with van der Waals surface area (Å²) in [4.78, 5) is 14.2. The number of rotatable bonds is 5. The van der Waals surface area contributed by atoms with E-state index in [1.54, 1.807) is 12.1 Å². The van der Waals surface area contributed by atoms with E-state index in [1.807, 2.05) is 11.9 Å². The summed E-state index contributed by atoms with van der Waals surface area (Å²) in [6.07, 6.45) is 3.49. The fourth-order valence-corrected chi connectivity index (χ4v) is 2.81. The first kappa shape index (κ1) is 17.9. The highest BCUT2D eigenvalue weighted by Crippen LogP contribution is 2.17. The molecule has 21 heavy (non-hydrogen) atoms. The van der Waals surface area contributed by atoms with Crippen LogP contribution < -0.4 is 5.32 Å². The summed E-state index contributed by atoms with van der Waals surface area (Å²) < 4.78 is 12.8. The number of aryl methyl sites for hydroxylation is 1. The van der Waals surface area contributed by atoms with E-state index >= 15 is 0 Å². The van der Waals surface area contributed by atoms with Gasteiger partial charge in [-0.25, -0.2) is 4.39 Å². The molecule has 1 atom stereocenters. The number of nitrogens with one attached hydrogen (secondary N) is 1. The summed E-state index contributed by atoms with van der Waals surface area (Å²) >= 11 is 0. The number of halogens is 2. The molecule has 0 aliphatic carbocycles. The van der Waals surface area contributed by atoms with Crippen LogP contribution in [0.4, 0.5) is 4.39 Å². The smallest absolute Gasteiger partial charge is 0.222 e. The minimum atomic E-state index is -0.231. The van der Waals surface area contributed by atoms with E-state index in [-0.39, 0.29) is 24.1 Å². The molecule has 0 spiro atoms. The Labute approximate surface area is 132 Å². The normalized spacial score (nSPS) is 18.2. The molecule has 0 saturated carbocycles. The zero-order valence-corrected chi connectivity index (χ0v) is 13.3. The second-order valence-corrected chi connectivity index (χ2v) is 5.53. The van der Waals surface area contributed by atoms with Crippen LogP contribution in [0.1, 0.15) is 24.8 Å². The van der Waals surface area contributed by atoms with Crippen molar-refractivity contribution in [1.82, 2.24) is 10.2 Å². The topological polar surface area (TPSA) is 32.3 Å². The van der Waals surface area contributed by atoms with Gasteiger partial charge in [0.15, 0.2) is 0 Å². The molecule has 1 aliphatic rings. The van der Waals surface area contributed by atoms with Crippen molar-refractivity contribution < 1.29 is 9.18 Å². The molecule has 1 fully saturated rings. The fourth-order valence-electron chi connectivity index (χ4n) is 2.81. The molecule has 5 heteroatoms. The first-order valence-electron chi connectivity index (χ1n) is 7.36. The molecule has 1 N–H and O–H groups in total. The molecular formula is C16H24ClFN2O. The van der Waals surface area contributed by atoms with E-state index in [0.717, 1.165) is 31.6 Å². The Morgan fingerprint density at radius 2 is 2.10 bits per heavy atom. The lowest BCUT2D eigenvalue weighted by atomic mass is 9.97. The van der Waals surface area contributed by atoms with Gasteiger partial charge in [-0.3, -0.25) is 4.79 Å². The predicted octanol–water partition coefficient (Wildman–Crippen LogP) is 2.64. The van der Waals surface area contributed by atoms with Gasteiger partial charge in [0.05, 0.1) is 0 Å². The molecule has 1 aromatic rings. The van der Waals surface area contributed by atoms with Gasteiger partial charge < -0.3 is 10.2 Å². The first-order valence-corrected chi connectivity index (χ1v) is 7.36. The minimum Gasteiger partial charge on any atom is -0.342 e. The van der Waals surface area contributed by atoms with Crippen LogP contribution in [0.15, 0.2) is 24.3 Å². The summed E-state index contributed by atoms with van der Waals surface area (Å²) in [6, 6.07) is 6.40. The maximum Gasteiger partial charge on any atom is 0.222 e. The third kappa shape index (κ3) is 5.64. The Morgan fingerprint density at radius 1 is 1.38 bits per heavy atom. The number of amides is 1. The monoisotopic (exact) mass is 314 g/mol. The van der Waals surface area contributed by atoms with Crippen LogP contribution in [0.2, 0.25) is 0 Å². The molecule has 1 amide bonds. The average molecular weight is 315 g/mol. The summed E-state index contributed by atoms with van der Waals surface area (Å²) in [6.45, 7) is 2.72. The molecule has 2 rings (SSSR count). The standard InChI is InChI=1S/C16H23FN2O.ClH/c1-18-11-14-3-2-10-19(12-14)16(20)9-6-13-4-7-15(17)8-5-13;/h4-5,7-8,14,18H,2-3,6,9-12H2,1H3;1H. The largest absolute Gasteiger partial charge is 0.342 e. The van der Waals surface area contributed by atoms with E-state index < -0.39 is 0 Å². The van der Waals surface area contributed by atoms with Gasteiger partial charge in [0.1, 0.15) is 5.82 Å². The van der Waals surface area contributed by atoms with Crippen molar-refractivity contribution in [1.29, 1.82) is 0 Å². The zero-order valence-electron chi connectivity index (χ0n) is 12.5. The number of carbonyl (C=O) groups is 1. The number of benzene rings is 1. The number of likely N-dealkylation sites (tertiary alicyclic amines) is 1. The third-order valence-electron chi connectivity index (χ3n) is 3.91. The summed E-state index contributed by atoms with van der Waals surface area (Å²) in [5.74, 6) is 0.560. The summed E-state index contributed by atoms with van der Waals surface area (Å²) in [5.41, 5.74) is 1.02. The molecular weight excluding hydrogens is 291 g/mol. The van der Waals surface area contributed by atoms with E-state index in [2.05, 4.69) is 5.32 Å². The Balaban J connectivity index is 0.00000220. The second-order valence-electron chi connectivity index (χ2n) is 5.53. The summed E-state index contributed by atoms with van der Waals surface area (Å²) in [5, 5.41) is 3.19. The minimum absolute atomic E-state index is 0. The average Bonchev–Trinajstić information content (AvgIpc) is 2.47. The van der Waals surface area contributed by atoms with E-state index in [9.17, 15) is 9.18 Å². The first-order chi connectivity index (χ1) is 9.69. The molecule has 0 aromatic heterocycles. The quantitative estimate of drug-likeness (QED) is 0.906. The lowest BCUT2D eigenvalue weighted by molar-refractivity contribution is -0.132. The Hall–Kier alpha value is -1.13. The lowest BCUT2D eigenvalue weighted by Gasteiger charge is -2.32. The van der Waals surface area contributed by atoms with Gasteiger partial charge in [-0.15, -0.1) is 12.4 Å². The zero-order chi connectivity index (χ0) is 14.4. The number of nitrogens with zero attached hydrogens (tertiary/aromatic N) is 1. The molecule has 0 radical (unpaired) electrons. The molecule has 0 bridgehead atoms. The van der Waals surface area contributed by atoms with Crippen molar-refractivity contribution in [2.75, 3.05) is 26.7 Å². The Bertz CT molecular complexity index is 436. The number of carbonyl (C=O) groups excluding carboxylic acids is 1. The van der Waals surface area contributed by atoms with Crippen molar-refractivity contribution in [2.24, 2.45) is 5.92 Å². The van der Waals surface area contributed by atoms with Crippen molar-refractivity contribution in [3.8, 4) is 0 Å². The predicted molar refractivity (Wildman–Crippen MR) is 85.2 cm³/mol. The third-order valence-corrected chi connectivity index (χ3v) is 3.91. The SMILES string of the molecule is CNCC1CCCN(C(=O)CCc2ccc(F)cc2)C1.Cl. The van der Waals surface area contributed by atoms with Crippen molar-refractivity contribution in [2.45, 2.75) is 25.7 Å². The van der Waals surface area contributed by atoms with Crippen LogP contribution in [0.5, 0.6) is 0 Å². The van der Waals surface area contributed by atoms with E-state index in [1.165, 1.54) is 18.6 Å². The Kier molecular flexibility index (Phi) is 7.68. The van der Waals surface area contributed by atoms with Crippen LogP contribution >= 0.6 is 12.4 Å². The van der Waals surface area contributed by atoms with Gasteiger partial charge >= 0.3 is 0 Å². The Morgan fingerprint density at radius 3 is 2.76 bits per heavy atom. The summed E-state index contributed by atoms with van der Waals surface area (Å²) in [7, 11) is 1.95. The maximum absolute atomic E-state index is 12.8. The number of piperidine rings is 1. The van der Waals surface area contributed by atoms with Gasteiger partial charge in [-0.1, -0.05) is 12.1 Å². The van der Waals surface area contributed by atoms with E-state index in [0.29, 0.717) is 18.8 Å². The van der Waals surface area contributed by atoms with Gasteiger partial charge in [0, 0.05) is 19.5 Å². The van der Waals surface area contributed by atoms with Gasteiger partial charge in [-0.05, 0) is 56.5 Å². The van der Waals surface area contributed by atoms with Crippen LogP contribution in [-0.4, -0.2) is 37.5 Å². The highest BCUT2D eigenvalue weighted by atomic mass is 35.5. The molecule has 3 nitrogen and oxygen atoms in total. The van der Waals surface area contributed by atoms with Gasteiger partial charge in [0.2, 0.25) is 5.91 Å². The second kappa shape index (κ2) is 9.00. The molecule has 1 saturated heterocycles. The molecule has 118 valence electrons. The van der Waals surface area contributed by atoms with Gasteiger partial charge in [-0.2, -0.15) is 0 Å².